The molecule has 0 aliphatic heterocycles. The summed E-state index contributed by atoms with van der Waals surface area (Å²) < 4.78 is 13.2. The molecule has 0 aliphatic carbocycles. The van der Waals surface area contributed by atoms with Crippen molar-refractivity contribution in [2.45, 2.75) is 6.92 Å². The summed E-state index contributed by atoms with van der Waals surface area (Å²) in [6.45, 7) is 1.68. The maximum absolute atomic E-state index is 13.2. The molecule has 0 aliphatic rings. The molecular formula is C13H10FN3O3. The molecule has 0 radical (unpaired) electrons. The number of hydrogen-bond donors (Lipinski definition) is 1. The number of nitro groups is 1. The molecule has 1 N–H and O–H groups in total. The highest BCUT2D eigenvalue weighted by Gasteiger charge is 2.21. The predicted molar refractivity (Wildman–Crippen MR) is 70.0 cm³/mol. The van der Waals surface area contributed by atoms with Crippen LogP contribution < -0.4 is 5.32 Å². The van der Waals surface area contributed by atoms with Gasteiger partial charge in [0.2, 0.25) is 0 Å². The molecule has 1 aromatic heterocycles. The lowest BCUT2D eigenvalue weighted by atomic mass is 10.1. The van der Waals surface area contributed by atoms with Gasteiger partial charge in [0.15, 0.2) is 0 Å². The fourth-order valence-electron chi connectivity index (χ4n) is 1.66. The number of halogens is 1. The first-order valence-corrected chi connectivity index (χ1v) is 5.66. The van der Waals surface area contributed by atoms with E-state index in [0.717, 1.165) is 18.2 Å². The highest BCUT2D eigenvalue weighted by Crippen LogP contribution is 2.21. The van der Waals surface area contributed by atoms with Crippen molar-refractivity contribution < 1.29 is 14.1 Å². The Kier molecular flexibility index (Phi) is 3.69. The van der Waals surface area contributed by atoms with Crippen LogP contribution in [0, 0.1) is 22.9 Å². The number of nitro benzene ring substituents is 1. The molecule has 0 fully saturated rings. The van der Waals surface area contributed by atoms with Gasteiger partial charge >= 0.3 is 0 Å². The summed E-state index contributed by atoms with van der Waals surface area (Å²) in [5.74, 6) is -1.48. The molecule has 1 heterocycles. The summed E-state index contributed by atoms with van der Waals surface area (Å²) in [5.41, 5.74) is 0.180. The van der Waals surface area contributed by atoms with Gasteiger partial charge in [0.25, 0.3) is 11.6 Å². The molecule has 0 spiro atoms. The van der Waals surface area contributed by atoms with Crippen LogP contribution in [0.3, 0.4) is 0 Å². The summed E-state index contributed by atoms with van der Waals surface area (Å²) in [4.78, 5) is 26.1. The van der Waals surface area contributed by atoms with Gasteiger partial charge in [-0.25, -0.2) is 4.39 Å². The second kappa shape index (κ2) is 5.43. The molecule has 0 bridgehead atoms. The van der Waals surface area contributed by atoms with Crippen molar-refractivity contribution in [3.05, 3.63) is 63.7 Å². The van der Waals surface area contributed by atoms with Crippen molar-refractivity contribution >= 4 is 17.3 Å². The Hall–Kier alpha value is -2.83. The van der Waals surface area contributed by atoms with E-state index in [4.69, 9.17) is 0 Å². The smallest absolute Gasteiger partial charge is 0.282 e. The second-order valence-corrected chi connectivity index (χ2v) is 4.01. The quantitative estimate of drug-likeness (QED) is 0.689. The van der Waals surface area contributed by atoms with E-state index in [1.54, 1.807) is 25.3 Å². The first kappa shape index (κ1) is 13.6. The van der Waals surface area contributed by atoms with Crippen LogP contribution in [0.25, 0.3) is 0 Å². The highest BCUT2D eigenvalue weighted by molar-refractivity contribution is 6.07. The number of carbonyl (C=O) groups is 1. The van der Waals surface area contributed by atoms with Crippen LogP contribution in [-0.4, -0.2) is 15.8 Å². The number of aryl methyl sites for hydroxylation is 1. The van der Waals surface area contributed by atoms with E-state index >= 15 is 0 Å². The van der Waals surface area contributed by atoms with Gasteiger partial charge < -0.3 is 5.32 Å². The topological polar surface area (TPSA) is 85.1 Å². The maximum atomic E-state index is 13.2. The first-order valence-electron chi connectivity index (χ1n) is 5.66. The zero-order chi connectivity index (χ0) is 14.7. The standard InChI is InChI=1S/C13H10FN3O3/c1-8-11(3-2-6-15-8)16-13(18)10-7-9(14)4-5-12(10)17(19)20/h2-7H,1H3,(H,16,18). The number of aromatic nitrogens is 1. The summed E-state index contributed by atoms with van der Waals surface area (Å²) in [6.07, 6.45) is 1.55. The summed E-state index contributed by atoms with van der Waals surface area (Å²) in [5, 5.41) is 13.3. The number of nitrogens with zero attached hydrogens (tertiary/aromatic N) is 2. The number of benzene rings is 1. The number of hydrogen-bond acceptors (Lipinski definition) is 4. The van der Waals surface area contributed by atoms with E-state index in [0.29, 0.717) is 11.4 Å². The van der Waals surface area contributed by atoms with E-state index in [-0.39, 0.29) is 5.56 Å². The van der Waals surface area contributed by atoms with Gasteiger partial charge in [-0.3, -0.25) is 19.9 Å². The summed E-state index contributed by atoms with van der Waals surface area (Å²) in [7, 11) is 0. The summed E-state index contributed by atoms with van der Waals surface area (Å²) in [6, 6.07) is 5.94. The molecule has 0 atom stereocenters. The van der Waals surface area contributed by atoms with Crippen molar-refractivity contribution in [2.75, 3.05) is 5.32 Å². The maximum Gasteiger partial charge on any atom is 0.282 e. The molecule has 6 nitrogen and oxygen atoms in total. The van der Waals surface area contributed by atoms with E-state index < -0.39 is 22.3 Å². The molecule has 2 rings (SSSR count). The van der Waals surface area contributed by atoms with Crippen LogP contribution in [0.4, 0.5) is 15.8 Å². The average Bonchev–Trinajstić information content (AvgIpc) is 2.40. The summed E-state index contributed by atoms with van der Waals surface area (Å²) >= 11 is 0. The molecule has 102 valence electrons. The minimum atomic E-state index is -0.757. The number of nitrogens with one attached hydrogen (secondary N) is 1. The van der Waals surface area contributed by atoms with Gasteiger partial charge in [-0.05, 0) is 31.2 Å². The molecule has 1 aromatic carbocycles. The second-order valence-electron chi connectivity index (χ2n) is 4.01. The van der Waals surface area contributed by atoms with Crippen LogP contribution in [0.5, 0.6) is 0 Å². The third-order valence-electron chi connectivity index (χ3n) is 2.66. The molecule has 2 aromatic rings. The average molecular weight is 275 g/mol. The zero-order valence-electron chi connectivity index (χ0n) is 10.5. The van der Waals surface area contributed by atoms with Crippen LogP contribution >= 0.6 is 0 Å². The van der Waals surface area contributed by atoms with Crippen molar-refractivity contribution in [3.63, 3.8) is 0 Å². The van der Waals surface area contributed by atoms with E-state index in [1.165, 1.54) is 0 Å². The number of rotatable bonds is 3. The Bertz CT molecular complexity index is 688. The lowest BCUT2D eigenvalue weighted by molar-refractivity contribution is -0.385. The predicted octanol–water partition coefficient (Wildman–Crippen LogP) is 2.69. The van der Waals surface area contributed by atoms with Crippen molar-refractivity contribution in [1.29, 1.82) is 0 Å². The monoisotopic (exact) mass is 275 g/mol. The normalized spacial score (nSPS) is 10.1. The molecular weight excluding hydrogens is 265 g/mol. The Balaban J connectivity index is 2.37. The van der Waals surface area contributed by atoms with Crippen molar-refractivity contribution in [1.82, 2.24) is 4.98 Å². The van der Waals surface area contributed by atoms with Gasteiger partial charge in [-0.2, -0.15) is 0 Å². The number of pyridine rings is 1. The van der Waals surface area contributed by atoms with Crippen LogP contribution in [0.1, 0.15) is 16.1 Å². The van der Waals surface area contributed by atoms with E-state index in [1.807, 2.05) is 0 Å². The molecule has 0 saturated carbocycles. The fraction of sp³-hybridized carbons (Fsp3) is 0.0769. The largest absolute Gasteiger partial charge is 0.320 e. The number of carbonyl (C=O) groups excluding carboxylic acids is 1. The lowest BCUT2D eigenvalue weighted by Gasteiger charge is -2.07. The SMILES string of the molecule is Cc1ncccc1NC(=O)c1cc(F)ccc1[N+](=O)[O-]. The third kappa shape index (κ3) is 2.77. The van der Waals surface area contributed by atoms with Gasteiger partial charge in [-0.15, -0.1) is 0 Å². The zero-order valence-corrected chi connectivity index (χ0v) is 10.5. The minimum absolute atomic E-state index is 0.335. The third-order valence-corrected chi connectivity index (χ3v) is 2.66. The first-order chi connectivity index (χ1) is 9.49. The lowest BCUT2D eigenvalue weighted by Crippen LogP contribution is -2.15. The Morgan fingerprint density at radius 3 is 2.80 bits per heavy atom. The highest BCUT2D eigenvalue weighted by atomic mass is 19.1. The Labute approximate surface area is 113 Å². The van der Waals surface area contributed by atoms with Gasteiger partial charge in [0, 0.05) is 12.3 Å². The van der Waals surface area contributed by atoms with E-state index in [9.17, 15) is 19.3 Å². The van der Waals surface area contributed by atoms with Gasteiger partial charge in [0.05, 0.1) is 16.3 Å². The Morgan fingerprint density at radius 2 is 2.15 bits per heavy atom. The van der Waals surface area contributed by atoms with E-state index in [2.05, 4.69) is 10.3 Å². The van der Waals surface area contributed by atoms with Gasteiger partial charge in [-0.1, -0.05) is 0 Å². The molecule has 7 heteroatoms. The van der Waals surface area contributed by atoms with Crippen LogP contribution in [0.2, 0.25) is 0 Å². The number of anilines is 1. The van der Waals surface area contributed by atoms with Crippen molar-refractivity contribution in [3.8, 4) is 0 Å². The van der Waals surface area contributed by atoms with Crippen molar-refractivity contribution in [2.24, 2.45) is 0 Å². The van der Waals surface area contributed by atoms with Gasteiger partial charge in [0.1, 0.15) is 11.4 Å². The molecule has 1 amide bonds. The van der Waals surface area contributed by atoms with Crippen LogP contribution in [-0.2, 0) is 0 Å². The molecule has 0 saturated heterocycles. The molecule has 20 heavy (non-hydrogen) atoms. The molecule has 0 unspecified atom stereocenters. The fourth-order valence-corrected chi connectivity index (χ4v) is 1.66. The number of amides is 1. The minimum Gasteiger partial charge on any atom is -0.320 e. The Morgan fingerprint density at radius 1 is 1.40 bits per heavy atom. The van der Waals surface area contributed by atoms with Crippen LogP contribution in [0.15, 0.2) is 36.5 Å².